The Balaban J connectivity index is 1.74. The fourth-order valence-corrected chi connectivity index (χ4v) is 3.17. The van der Waals surface area contributed by atoms with Crippen LogP contribution >= 0.6 is 0 Å². The van der Waals surface area contributed by atoms with Crippen molar-refractivity contribution in [1.29, 1.82) is 0 Å². The lowest BCUT2D eigenvalue weighted by molar-refractivity contribution is 0.0697. The van der Waals surface area contributed by atoms with Crippen LogP contribution in [0.5, 0.6) is 5.75 Å². The van der Waals surface area contributed by atoms with Gasteiger partial charge in [-0.2, -0.15) is 0 Å². The second kappa shape index (κ2) is 6.88. The van der Waals surface area contributed by atoms with Gasteiger partial charge in [0.1, 0.15) is 5.82 Å². The minimum atomic E-state index is -0.964. The number of halogens is 1. The summed E-state index contributed by atoms with van der Waals surface area (Å²) in [6.07, 6.45) is 0. The summed E-state index contributed by atoms with van der Waals surface area (Å²) in [4.78, 5) is 14.3. The van der Waals surface area contributed by atoms with E-state index in [4.69, 9.17) is 14.3 Å². The van der Waals surface area contributed by atoms with Crippen LogP contribution in [0.15, 0.2) is 52.9 Å². The summed E-state index contributed by atoms with van der Waals surface area (Å²) in [5.74, 6) is -0.358. The molecule has 0 radical (unpaired) electrons. The zero-order chi connectivity index (χ0) is 19.8. The van der Waals surface area contributed by atoms with Gasteiger partial charge in [0, 0.05) is 17.1 Å². The van der Waals surface area contributed by atoms with Crippen molar-refractivity contribution in [3.05, 3.63) is 65.5 Å². The topological polar surface area (TPSA) is 75.5 Å². The Kier molecular flexibility index (Phi) is 4.39. The Labute approximate surface area is 160 Å². The number of ether oxygens (including phenoxy) is 1. The summed E-state index contributed by atoms with van der Waals surface area (Å²) in [6, 6.07) is 13.5. The third-order valence-corrected chi connectivity index (χ3v) is 4.67. The van der Waals surface area contributed by atoms with Gasteiger partial charge in [-0.15, -0.1) is 0 Å². The van der Waals surface area contributed by atoms with Gasteiger partial charge in [0.05, 0.1) is 17.9 Å². The van der Waals surface area contributed by atoms with E-state index in [2.05, 4.69) is 4.98 Å². The fourth-order valence-electron chi connectivity index (χ4n) is 3.17. The average Bonchev–Trinajstić information content (AvgIpc) is 3.34. The highest BCUT2D eigenvalue weighted by molar-refractivity contribution is 5.90. The van der Waals surface area contributed by atoms with Crippen LogP contribution in [-0.4, -0.2) is 22.7 Å². The standard InChI is InChI=1S/C22H18FNO4/c1-3-27-20-11-16(23)12(2)15-10-19(28-21(15)20)18-9-8-17(24-18)13-4-6-14(7-5-13)22(25)26/h4-11,24H,3H2,1-2H3,(H,25,26). The van der Waals surface area contributed by atoms with Gasteiger partial charge in [0.15, 0.2) is 17.1 Å². The summed E-state index contributed by atoms with van der Waals surface area (Å²) >= 11 is 0. The molecule has 4 aromatic rings. The molecule has 0 aliphatic heterocycles. The molecule has 6 heteroatoms. The maximum absolute atomic E-state index is 14.2. The lowest BCUT2D eigenvalue weighted by atomic mass is 10.1. The van der Waals surface area contributed by atoms with Crippen LogP contribution in [0.25, 0.3) is 33.7 Å². The van der Waals surface area contributed by atoms with Gasteiger partial charge in [0.2, 0.25) is 0 Å². The second-order valence-corrected chi connectivity index (χ2v) is 6.44. The van der Waals surface area contributed by atoms with E-state index in [1.54, 1.807) is 37.3 Å². The van der Waals surface area contributed by atoms with E-state index in [9.17, 15) is 9.18 Å². The Morgan fingerprint density at radius 1 is 1.14 bits per heavy atom. The number of fused-ring (bicyclic) bond motifs is 1. The molecule has 0 saturated carbocycles. The number of aromatic nitrogens is 1. The summed E-state index contributed by atoms with van der Waals surface area (Å²) < 4.78 is 25.7. The number of aromatic amines is 1. The predicted octanol–water partition coefficient (Wildman–Crippen LogP) is 5.64. The summed E-state index contributed by atoms with van der Waals surface area (Å²) in [7, 11) is 0. The highest BCUT2D eigenvalue weighted by Gasteiger charge is 2.17. The van der Waals surface area contributed by atoms with Gasteiger partial charge in [0.25, 0.3) is 0 Å². The van der Waals surface area contributed by atoms with Crippen LogP contribution < -0.4 is 4.74 Å². The molecule has 0 fully saturated rings. The monoisotopic (exact) mass is 379 g/mol. The molecule has 142 valence electrons. The number of carboxylic acid groups (broad SMARTS) is 1. The lowest BCUT2D eigenvalue weighted by Crippen LogP contribution is -1.94. The first kappa shape index (κ1) is 17.9. The fraction of sp³-hybridized carbons (Fsp3) is 0.136. The highest BCUT2D eigenvalue weighted by atomic mass is 19.1. The van der Waals surface area contributed by atoms with Gasteiger partial charge in [-0.1, -0.05) is 12.1 Å². The molecule has 2 heterocycles. The van der Waals surface area contributed by atoms with E-state index in [1.807, 2.05) is 19.1 Å². The molecule has 0 aliphatic rings. The number of carboxylic acids is 1. The third kappa shape index (κ3) is 3.03. The van der Waals surface area contributed by atoms with Crippen molar-refractivity contribution in [2.75, 3.05) is 6.61 Å². The maximum atomic E-state index is 14.2. The number of benzene rings is 2. The van der Waals surface area contributed by atoms with Crippen LogP contribution in [0.2, 0.25) is 0 Å². The van der Waals surface area contributed by atoms with E-state index in [1.165, 1.54) is 6.07 Å². The number of aryl methyl sites for hydroxylation is 1. The van der Waals surface area contributed by atoms with Crippen molar-refractivity contribution >= 4 is 16.9 Å². The molecule has 2 aromatic carbocycles. The number of furan rings is 1. The Morgan fingerprint density at radius 3 is 2.54 bits per heavy atom. The number of hydrogen-bond donors (Lipinski definition) is 2. The summed E-state index contributed by atoms with van der Waals surface area (Å²) in [6.45, 7) is 3.95. The number of rotatable bonds is 5. The van der Waals surface area contributed by atoms with Crippen LogP contribution in [0.1, 0.15) is 22.8 Å². The minimum Gasteiger partial charge on any atom is -0.490 e. The van der Waals surface area contributed by atoms with Crippen molar-refractivity contribution in [2.24, 2.45) is 0 Å². The molecule has 0 bridgehead atoms. The van der Waals surface area contributed by atoms with E-state index in [0.717, 1.165) is 17.0 Å². The number of nitrogens with one attached hydrogen (secondary N) is 1. The molecule has 0 amide bonds. The molecule has 2 N–H and O–H groups in total. The smallest absolute Gasteiger partial charge is 0.335 e. The van der Waals surface area contributed by atoms with Crippen molar-refractivity contribution < 1.29 is 23.4 Å². The first-order chi connectivity index (χ1) is 13.5. The Bertz CT molecular complexity index is 1170. The number of hydrogen-bond acceptors (Lipinski definition) is 3. The minimum absolute atomic E-state index is 0.230. The van der Waals surface area contributed by atoms with E-state index >= 15 is 0 Å². The molecule has 0 atom stereocenters. The number of aromatic carboxylic acids is 1. The van der Waals surface area contributed by atoms with Gasteiger partial charge in [-0.05, 0) is 55.3 Å². The quantitative estimate of drug-likeness (QED) is 0.471. The first-order valence-electron chi connectivity index (χ1n) is 8.86. The zero-order valence-corrected chi connectivity index (χ0v) is 15.4. The van der Waals surface area contributed by atoms with Gasteiger partial charge in [-0.25, -0.2) is 9.18 Å². The Morgan fingerprint density at radius 2 is 1.86 bits per heavy atom. The molecule has 0 unspecified atom stereocenters. The number of carbonyl (C=O) groups is 1. The second-order valence-electron chi connectivity index (χ2n) is 6.44. The third-order valence-electron chi connectivity index (χ3n) is 4.67. The molecule has 2 aromatic heterocycles. The molecule has 0 aliphatic carbocycles. The lowest BCUT2D eigenvalue weighted by Gasteiger charge is -2.05. The van der Waals surface area contributed by atoms with Gasteiger partial charge >= 0.3 is 5.97 Å². The SMILES string of the molecule is CCOc1cc(F)c(C)c2cc(-c3ccc(-c4ccc(C(=O)O)cc4)[nH]3)oc12. The normalized spacial score (nSPS) is 11.1. The molecule has 28 heavy (non-hydrogen) atoms. The van der Waals surface area contributed by atoms with E-state index in [0.29, 0.717) is 34.6 Å². The van der Waals surface area contributed by atoms with Crippen molar-refractivity contribution in [2.45, 2.75) is 13.8 Å². The molecular formula is C22H18FNO4. The Hall–Kier alpha value is -3.54. The molecule has 4 rings (SSSR count). The van der Waals surface area contributed by atoms with Gasteiger partial charge < -0.3 is 19.2 Å². The molecule has 0 spiro atoms. The summed E-state index contributed by atoms with van der Waals surface area (Å²) in [5.41, 5.74) is 3.65. The van der Waals surface area contributed by atoms with Crippen LogP contribution in [0, 0.1) is 12.7 Å². The van der Waals surface area contributed by atoms with Crippen molar-refractivity contribution in [3.63, 3.8) is 0 Å². The van der Waals surface area contributed by atoms with Crippen molar-refractivity contribution in [1.82, 2.24) is 4.98 Å². The maximum Gasteiger partial charge on any atom is 0.335 e. The van der Waals surface area contributed by atoms with Crippen LogP contribution in [0.4, 0.5) is 4.39 Å². The highest BCUT2D eigenvalue weighted by Crippen LogP contribution is 2.37. The van der Waals surface area contributed by atoms with Gasteiger partial charge in [-0.3, -0.25) is 0 Å². The first-order valence-corrected chi connectivity index (χ1v) is 8.86. The molecular weight excluding hydrogens is 361 g/mol. The molecule has 0 saturated heterocycles. The van der Waals surface area contributed by atoms with E-state index in [-0.39, 0.29) is 11.4 Å². The largest absolute Gasteiger partial charge is 0.490 e. The average molecular weight is 379 g/mol. The number of H-pyrrole nitrogens is 1. The van der Waals surface area contributed by atoms with E-state index < -0.39 is 5.97 Å². The summed E-state index contributed by atoms with van der Waals surface area (Å²) in [5, 5.41) is 9.68. The zero-order valence-electron chi connectivity index (χ0n) is 15.4. The van der Waals surface area contributed by atoms with Crippen LogP contribution in [0.3, 0.4) is 0 Å². The van der Waals surface area contributed by atoms with Crippen LogP contribution in [-0.2, 0) is 0 Å². The van der Waals surface area contributed by atoms with Crippen molar-refractivity contribution in [3.8, 4) is 28.5 Å². The predicted molar refractivity (Wildman–Crippen MR) is 104 cm³/mol. The molecule has 5 nitrogen and oxygen atoms in total.